The highest BCUT2D eigenvalue weighted by atomic mass is 16.5. The van der Waals surface area contributed by atoms with Crippen molar-refractivity contribution in [3.05, 3.63) is 0 Å². The smallest absolute Gasteiger partial charge is 0.321 e. The summed E-state index contributed by atoms with van der Waals surface area (Å²) in [6.07, 6.45) is 0.0896. The Morgan fingerprint density at radius 2 is 2.17 bits per heavy atom. The molecule has 18 heavy (non-hydrogen) atoms. The summed E-state index contributed by atoms with van der Waals surface area (Å²) in [5, 5.41) is 13.6. The minimum absolute atomic E-state index is 0.0225. The fraction of sp³-hybridized carbons (Fsp3) is 0.818. The highest BCUT2D eigenvalue weighted by Crippen LogP contribution is 2.10. The number of hydrogen-bond donors (Lipinski definition) is 3. The Kier molecular flexibility index (Phi) is 6.03. The van der Waals surface area contributed by atoms with Gasteiger partial charge in [-0.3, -0.25) is 15.0 Å². The van der Waals surface area contributed by atoms with Crippen molar-refractivity contribution in [2.45, 2.75) is 25.6 Å². The highest BCUT2D eigenvalue weighted by Gasteiger charge is 2.24. The van der Waals surface area contributed by atoms with E-state index in [1.54, 1.807) is 0 Å². The van der Waals surface area contributed by atoms with E-state index in [-0.39, 0.29) is 31.1 Å². The molecule has 0 bridgehead atoms. The minimum Gasteiger partial charge on any atom is -0.394 e. The van der Waals surface area contributed by atoms with Crippen molar-refractivity contribution in [3.63, 3.8) is 0 Å². The molecular weight excluding hydrogens is 238 g/mol. The van der Waals surface area contributed by atoms with Gasteiger partial charge in [0.25, 0.3) is 0 Å². The summed E-state index contributed by atoms with van der Waals surface area (Å²) >= 11 is 0. The molecule has 2 atom stereocenters. The SMILES string of the molecule is CNC(=O)NC(=O)CCN1CC(C)OC(CO)C1. The molecule has 0 aromatic carbocycles. The van der Waals surface area contributed by atoms with Crippen molar-refractivity contribution in [1.29, 1.82) is 0 Å². The lowest BCUT2D eigenvalue weighted by atomic mass is 10.2. The van der Waals surface area contributed by atoms with E-state index in [1.807, 2.05) is 6.92 Å². The van der Waals surface area contributed by atoms with Crippen LogP contribution in [0.5, 0.6) is 0 Å². The summed E-state index contributed by atoms with van der Waals surface area (Å²) in [4.78, 5) is 24.4. The first-order valence-corrected chi connectivity index (χ1v) is 6.05. The van der Waals surface area contributed by atoms with Crippen LogP contribution in [0.3, 0.4) is 0 Å². The topological polar surface area (TPSA) is 90.9 Å². The van der Waals surface area contributed by atoms with Crippen LogP contribution in [0.1, 0.15) is 13.3 Å². The number of carbonyl (C=O) groups is 2. The van der Waals surface area contributed by atoms with Gasteiger partial charge >= 0.3 is 6.03 Å². The number of ether oxygens (including phenoxy) is 1. The lowest BCUT2D eigenvalue weighted by molar-refractivity contribution is -0.122. The van der Waals surface area contributed by atoms with Gasteiger partial charge in [-0.15, -0.1) is 0 Å². The van der Waals surface area contributed by atoms with E-state index in [1.165, 1.54) is 7.05 Å². The van der Waals surface area contributed by atoms with E-state index in [4.69, 9.17) is 9.84 Å². The van der Waals surface area contributed by atoms with E-state index in [0.717, 1.165) is 6.54 Å². The maximum atomic E-state index is 11.4. The maximum absolute atomic E-state index is 11.4. The van der Waals surface area contributed by atoms with Crippen molar-refractivity contribution in [2.24, 2.45) is 0 Å². The molecule has 2 unspecified atom stereocenters. The molecule has 0 aromatic rings. The predicted octanol–water partition coefficient (Wildman–Crippen LogP) is -1.09. The number of nitrogens with zero attached hydrogens (tertiary/aromatic N) is 1. The molecule has 1 heterocycles. The second-order valence-corrected chi connectivity index (χ2v) is 4.39. The normalized spacial score (nSPS) is 24.6. The summed E-state index contributed by atoms with van der Waals surface area (Å²) in [6, 6.07) is -0.497. The summed E-state index contributed by atoms with van der Waals surface area (Å²) in [6.45, 7) is 3.79. The average molecular weight is 259 g/mol. The summed E-state index contributed by atoms with van der Waals surface area (Å²) in [5.41, 5.74) is 0. The number of amides is 3. The molecule has 1 rings (SSSR count). The molecule has 1 aliphatic rings. The Hall–Kier alpha value is -1.18. The van der Waals surface area contributed by atoms with E-state index in [9.17, 15) is 9.59 Å². The van der Waals surface area contributed by atoms with E-state index >= 15 is 0 Å². The summed E-state index contributed by atoms with van der Waals surface area (Å²) < 4.78 is 5.50. The third kappa shape index (κ3) is 4.99. The van der Waals surface area contributed by atoms with Crippen LogP contribution in [0.2, 0.25) is 0 Å². The molecule has 1 fully saturated rings. The number of carbonyl (C=O) groups excluding carboxylic acids is 2. The van der Waals surface area contributed by atoms with Crippen molar-refractivity contribution in [1.82, 2.24) is 15.5 Å². The standard InChI is InChI=1S/C11H21N3O4/c1-8-5-14(6-9(7-15)18-8)4-3-10(16)13-11(17)12-2/h8-9,15H,3-7H2,1-2H3,(H2,12,13,16,17). The first-order chi connectivity index (χ1) is 8.55. The first-order valence-electron chi connectivity index (χ1n) is 6.05. The third-order valence-electron chi connectivity index (χ3n) is 2.74. The quantitative estimate of drug-likeness (QED) is 0.597. The number of rotatable bonds is 4. The lowest BCUT2D eigenvalue weighted by Gasteiger charge is -2.35. The number of aliphatic hydroxyl groups excluding tert-OH is 1. The van der Waals surface area contributed by atoms with Gasteiger partial charge in [0.2, 0.25) is 5.91 Å². The number of urea groups is 1. The van der Waals surface area contributed by atoms with E-state index in [2.05, 4.69) is 15.5 Å². The second kappa shape index (κ2) is 7.30. The molecule has 1 aliphatic heterocycles. The Labute approximate surface area is 106 Å². The Morgan fingerprint density at radius 1 is 1.44 bits per heavy atom. The number of imide groups is 1. The fourth-order valence-corrected chi connectivity index (χ4v) is 1.94. The third-order valence-corrected chi connectivity index (χ3v) is 2.74. The highest BCUT2D eigenvalue weighted by molar-refractivity contribution is 5.94. The molecule has 0 aliphatic carbocycles. The van der Waals surface area contributed by atoms with Crippen LogP contribution in [-0.2, 0) is 9.53 Å². The molecule has 3 amide bonds. The van der Waals surface area contributed by atoms with Crippen LogP contribution < -0.4 is 10.6 Å². The van der Waals surface area contributed by atoms with Gasteiger partial charge in [-0.2, -0.15) is 0 Å². The molecule has 104 valence electrons. The predicted molar refractivity (Wildman–Crippen MR) is 65.1 cm³/mol. The molecule has 0 saturated carbocycles. The minimum atomic E-state index is -0.497. The lowest BCUT2D eigenvalue weighted by Crippen LogP contribution is -2.49. The Morgan fingerprint density at radius 3 is 2.78 bits per heavy atom. The molecule has 0 radical (unpaired) electrons. The van der Waals surface area contributed by atoms with E-state index < -0.39 is 6.03 Å². The molecule has 1 saturated heterocycles. The molecule has 0 spiro atoms. The number of nitrogens with one attached hydrogen (secondary N) is 2. The van der Waals surface area contributed by atoms with Crippen molar-refractivity contribution in [3.8, 4) is 0 Å². The fourth-order valence-electron chi connectivity index (χ4n) is 1.94. The van der Waals surface area contributed by atoms with Gasteiger partial charge in [0, 0.05) is 33.1 Å². The molecule has 7 heteroatoms. The molecule has 7 nitrogen and oxygen atoms in total. The van der Waals surface area contributed by atoms with Crippen LogP contribution in [0, 0.1) is 0 Å². The number of aliphatic hydroxyl groups is 1. The van der Waals surface area contributed by atoms with Gasteiger partial charge in [-0.25, -0.2) is 4.79 Å². The molecule has 0 aromatic heterocycles. The van der Waals surface area contributed by atoms with Gasteiger partial charge < -0.3 is 15.2 Å². The van der Waals surface area contributed by atoms with Crippen LogP contribution in [-0.4, -0.2) is 67.4 Å². The number of hydrogen-bond acceptors (Lipinski definition) is 5. The van der Waals surface area contributed by atoms with Gasteiger partial charge in [0.15, 0.2) is 0 Å². The van der Waals surface area contributed by atoms with Crippen LogP contribution in [0.25, 0.3) is 0 Å². The maximum Gasteiger partial charge on any atom is 0.321 e. The molecular formula is C11H21N3O4. The average Bonchev–Trinajstić information content (AvgIpc) is 2.35. The van der Waals surface area contributed by atoms with Crippen LogP contribution >= 0.6 is 0 Å². The Bertz CT molecular complexity index is 298. The van der Waals surface area contributed by atoms with Crippen LogP contribution in [0.4, 0.5) is 4.79 Å². The second-order valence-electron chi connectivity index (χ2n) is 4.39. The van der Waals surface area contributed by atoms with Gasteiger partial charge in [0.1, 0.15) is 0 Å². The zero-order valence-corrected chi connectivity index (χ0v) is 10.8. The zero-order chi connectivity index (χ0) is 13.5. The van der Waals surface area contributed by atoms with Gasteiger partial charge in [-0.1, -0.05) is 0 Å². The van der Waals surface area contributed by atoms with Gasteiger partial charge in [0.05, 0.1) is 18.8 Å². The molecule has 3 N–H and O–H groups in total. The number of morpholine rings is 1. The monoisotopic (exact) mass is 259 g/mol. The summed E-state index contributed by atoms with van der Waals surface area (Å²) in [7, 11) is 1.46. The van der Waals surface area contributed by atoms with Gasteiger partial charge in [-0.05, 0) is 6.92 Å². The summed E-state index contributed by atoms with van der Waals surface area (Å²) in [5.74, 6) is -0.311. The first kappa shape index (κ1) is 14.9. The van der Waals surface area contributed by atoms with Crippen molar-refractivity contribution in [2.75, 3.05) is 33.3 Å². The van der Waals surface area contributed by atoms with E-state index in [0.29, 0.717) is 13.1 Å². The van der Waals surface area contributed by atoms with Crippen molar-refractivity contribution < 1.29 is 19.4 Å². The van der Waals surface area contributed by atoms with Crippen molar-refractivity contribution >= 4 is 11.9 Å². The largest absolute Gasteiger partial charge is 0.394 e. The zero-order valence-electron chi connectivity index (χ0n) is 10.8. The Balaban J connectivity index is 2.29. The van der Waals surface area contributed by atoms with Crippen LogP contribution in [0.15, 0.2) is 0 Å².